The first-order valence-electron chi connectivity index (χ1n) is 10.4. The third kappa shape index (κ3) is 4.18. The molecule has 0 unspecified atom stereocenters. The maximum atomic E-state index is 13.0. The van der Waals surface area contributed by atoms with Gasteiger partial charge in [0.25, 0.3) is 10.0 Å². The lowest BCUT2D eigenvalue weighted by molar-refractivity contribution is 0.340. The average Bonchev–Trinajstić information content (AvgIpc) is 3.08. The largest absolute Gasteiger partial charge is 0.494 e. The summed E-state index contributed by atoms with van der Waals surface area (Å²) < 4.78 is 35.6. The number of hydrogen-bond acceptors (Lipinski definition) is 5. The Balaban J connectivity index is 1.75. The van der Waals surface area contributed by atoms with Gasteiger partial charge in [0.15, 0.2) is 5.82 Å². The summed E-state index contributed by atoms with van der Waals surface area (Å²) in [5, 5.41) is 5.58. The Morgan fingerprint density at radius 1 is 0.969 bits per heavy atom. The lowest BCUT2D eigenvalue weighted by Gasteiger charge is -2.13. The average molecular weight is 451 g/mol. The molecular formula is C24H26N4O3S. The molecule has 0 saturated heterocycles. The molecule has 0 aliphatic carbocycles. The Kier molecular flexibility index (Phi) is 5.64. The van der Waals surface area contributed by atoms with Crippen molar-refractivity contribution in [3.05, 3.63) is 70.9 Å². The van der Waals surface area contributed by atoms with Crippen LogP contribution in [0.1, 0.15) is 29.3 Å². The molecule has 0 aliphatic rings. The van der Waals surface area contributed by atoms with Crippen molar-refractivity contribution >= 4 is 26.7 Å². The smallest absolute Gasteiger partial charge is 0.263 e. The number of benzene rings is 2. The van der Waals surface area contributed by atoms with Crippen LogP contribution >= 0.6 is 0 Å². The number of ether oxygens (including phenoxy) is 1. The second-order valence-electron chi connectivity index (χ2n) is 7.87. The van der Waals surface area contributed by atoms with E-state index in [1.54, 1.807) is 18.2 Å². The molecule has 0 amide bonds. The highest BCUT2D eigenvalue weighted by molar-refractivity contribution is 7.92. The van der Waals surface area contributed by atoms with Crippen molar-refractivity contribution in [3.8, 4) is 11.6 Å². The summed E-state index contributed by atoms with van der Waals surface area (Å²) in [6.07, 6.45) is 0. The van der Waals surface area contributed by atoms with Gasteiger partial charge in [0.05, 0.1) is 22.7 Å². The summed E-state index contributed by atoms with van der Waals surface area (Å²) in [7, 11) is -3.82. The Bertz CT molecular complexity index is 1410. The molecule has 2 aromatic carbocycles. The highest BCUT2D eigenvalue weighted by Crippen LogP contribution is 2.27. The van der Waals surface area contributed by atoms with Gasteiger partial charge in [-0.3, -0.25) is 4.72 Å². The first-order valence-corrected chi connectivity index (χ1v) is 11.9. The predicted octanol–water partition coefficient (Wildman–Crippen LogP) is 4.85. The molecule has 8 heteroatoms. The number of nitrogens with one attached hydrogen (secondary N) is 1. The number of aromatic nitrogens is 3. The van der Waals surface area contributed by atoms with Gasteiger partial charge in [0.2, 0.25) is 0 Å². The molecule has 2 heterocycles. The molecule has 4 rings (SSSR count). The van der Waals surface area contributed by atoms with E-state index in [9.17, 15) is 8.42 Å². The molecule has 166 valence electrons. The molecule has 0 radical (unpaired) electrons. The Morgan fingerprint density at radius 3 is 2.38 bits per heavy atom. The zero-order valence-electron chi connectivity index (χ0n) is 18.8. The summed E-state index contributed by atoms with van der Waals surface area (Å²) in [6, 6.07) is 14.1. The van der Waals surface area contributed by atoms with Gasteiger partial charge in [-0.15, -0.1) is 0 Å². The third-order valence-electron chi connectivity index (χ3n) is 5.17. The Morgan fingerprint density at radius 2 is 1.69 bits per heavy atom. The molecule has 0 spiro atoms. The summed E-state index contributed by atoms with van der Waals surface area (Å²) in [5.74, 6) is 1.50. The van der Waals surface area contributed by atoms with Gasteiger partial charge in [-0.25, -0.2) is 13.4 Å². The quantitative estimate of drug-likeness (QED) is 0.454. The molecule has 4 aromatic rings. The highest BCUT2D eigenvalue weighted by Gasteiger charge is 2.19. The SMILES string of the molecule is CCOc1ccc(S(=O)(=O)Nc2cc(C)nn2-c2cc(C)c3cc(C)cc(C)c3n2)cc1. The number of sulfonamides is 1. The van der Waals surface area contributed by atoms with Crippen LogP contribution in [-0.2, 0) is 10.0 Å². The summed E-state index contributed by atoms with van der Waals surface area (Å²) in [5.41, 5.74) is 4.83. The van der Waals surface area contributed by atoms with Crippen molar-refractivity contribution < 1.29 is 13.2 Å². The summed E-state index contributed by atoms with van der Waals surface area (Å²) >= 11 is 0. The number of nitrogens with zero attached hydrogens (tertiary/aromatic N) is 3. The van der Waals surface area contributed by atoms with E-state index in [-0.39, 0.29) is 4.90 Å². The fourth-order valence-corrected chi connectivity index (χ4v) is 4.79. The number of hydrogen-bond donors (Lipinski definition) is 1. The normalized spacial score (nSPS) is 11.7. The molecular weight excluding hydrogens is 424 g/mol. The molecule has 0 bridgehead atoms. The van der Waals surface area contributed by atoms with Crippen molar-refractivity contribution in [2.45, 2.75) is 39.5 Å². The van der Waals surface area contributed by atoms with Gasteiger partial charge in [-0.05, 0) is 82.1 Å². The number of anilines is 1. The van der Waals surface area contributed by atoms with Crippen LogP contribution in [0.5, 0.6) is 5.75 Å². The third-order valence-corrected chi connectivity index (χ3v) is 6.54. The van der Waals surface area contributed by atoms with Crippen molar-refractivity contribution in [3.63, 3.8) is 0 Å². The van der Waals surface area contributed by atoms with E-state index in [1.165, 1.54) is 22.4 Å². The topological polar surface area (TPSA) is 86.1 Å². The standard InChI is InChI=1S/C24H26N4O3S/c1-6-31-19-7-9-20(10-8-19)32(29,30)27-23-14-18(5)26-28(23)22-13-16(3)21-12-15(2)11-17(4)24(21)25-22/h7-14,27H,6H2,1-5H3. The lowest BCUT2D eigenvalue weighted by Crippen LogP contribution is -2.16. The minimum absolute atomic E-state index is 0.139. The monoisotopic (exact) mass is 450 g/mol. The fourth-order valence-electron chi connectivity index (χ4n) is 3.76. The Labute approximate surface area is 188 Å². The van der Waals surface area contributed by atoms with E-state index in [4.69, 9.17) is 9.72 Å². The first-order chi connectivity index (χ1) is 15.2. The second kappa shape index (κ2) is 8.27. The minimum atomic E-state index is -3.82. The summed E-state index contributed by atoms with van der Waals surface area (Å²) in [6.45, 7) is 10.3. The van der Waals surface area contributed by atoms with Crippen LogP contribution in [0.2, 0.25) is 0 Å². The van der Waals surface area contributed by atoms with E-state index in [0.29, 0.717) is 29.7 Å². The molecule has 0 saturated carbocycles. The molecule has 1 N–H and O–H groups in total. The maximum absolute atomic E-state index is 13.0. The molecule has 32 heavy (non-hydrogen) atoms. The van der Waals surface area contributed by atoms with Crippen LogP contribution in [0.25, 0.3) is 16.7 Å². The van der Waals surface area contributed by atoms with E-state index in [2.05, 4.69) is 28.9 Å². The van der Waals surface area contributed by atoms with E-state index < -0.39 is 10.0 Å². The number of pyridine rings is 1. The van der Waals surface area contributed by atoms with Gasteiger partial charge >= 0.3 is 0 Å². The van der Waals surface area contributed by atoms with Crippen molar-refractivity contribution in [1.29, 1.82) is 0 Å². The van der Waals surface area contributed by atoms with Crippen LogP contribution in [0.3, 0.4) is 0 Å². The van der Waals surface area contributed by atoms with E-state index >= 15 is 0 Å². The minimum Gasteiger partial charge on any atom is -0.494 e. The van der Waals surface area contributed by atoms with Crippen molar-refractivity contribution in [2.24, 2.45) is 0 Å². The Hall–Kier alpha value is -3.39. The number of rotatable bonds is 6. The molecule has 7 nitrogen and oxygen atoms in total. The van der Waals surface area contributed by atoms with Gasteiger partial charge in [-0.2, -0.15) is 9.78 Å². The zero-order valence-corrected chi connectivity index (χ0v) is 19.6. The van der Waals surface area contributed by atoms with Crippen LogP contribution in [0.15, 0.2) is 53.4 Å². The first kappa shape index (κ1) is 21.8. The second-order valence-corrected chi connectivity index (χ2v) is 9.55. The van der Waals surface area contributed by atoms with Gasteiger partial charge in [-0.1, -0.05) is 11.6 Å². The predicted molar refractivity (Wildman–Crippen MR) is 126 cm³/mol. The van der Waals surface area contributed by atoms with Gasteiger partial charge in [0.1, 0.15) is 11.6 Å². The molecule has 0 fully saturated rings. The summed E-state index contributed by atoms with van der Waals surface area (Å²) in [4.78, 5) is 4.94. The maximum Gasteiger partial charge on any atom is 0.263 e. The molecule has 0 atom stereocenters. The van der Waals surface area contributed by atoms with Crippen LogP contribution in [0.4, 0.5) is 5.82 Å². The highest BCUT2D eigenvalue weighted by atomic mass is 32.2. The molecule has 0 aliphatic heterocycles. The lowest BCUT2D eigenvalue weighted by atomic mass is 10.0. The van der Waals surface area contributed by atoms with E-state index in [0.717, 1.165) is 22.0 Å². The van der Waals surface area contributed by atoms with Crippen molar-refractivity contribution in [2.75, 3.05) is 11.3 Å². The number of fused-ring (bicyclic) bond motifs is 1. The van der Waals surface area contributed by atoms with Crippen molar-refractivity contribution in [1.82, 2.24) is 14.8 Å². The van der Waals surface area contributed by atoms with E-state index in [1.807, 2.05) is 33.8 Å². The van der Waals surface area contributed by atoms with Crippen LogP contribution in [-0.4, -0.2) is 29.8 Å². The molecule has 2 aromatic heterocycles. The van der Waals surface area contributed by atoms with Crippen LogP contribution < -0.4 is 9.46 Å². The van der Waals surface area contributed by atoms with Gasteiger partial charge < -0.3 is 4.74 Å². The van der Waals surface area contributed by atoms with Crippen LogP contribution in [0, 0.1) is 27.7 Å². The fraction of sp³-hybridized carbons (Fsp3) is 0.250. The number of aryl methyl sites for hydroxylation is 4. The van der Waals surface area contributed by atoms with Gasteiger partial charge in [0, 0.05) is 11.5 Å². The zero-order chi connectivity index (χ0) is 23.0.